The Hall–Kier alpha value is -2.47. The monoisotopic (exact) mass is 359 g/mol. The molecule has 1 aliphatic rings. The van der Waals surface area contributed by atoms with Crippen LogP contribution in [0.2, 0.25) is 0 Å². The summed E-state index contributed by atoms with van der Waals surface area (Å²) in [7, 11) is 0. The van der Waals surface area contributed by atoms with Crippen LogP contribution in [0.25, 0.3) is 0 Å². The van der Waals surface area contributed by atoms with E-state index in [0.29, 0.717) is 24.5 Å². The van der Waals surface area contributed by atoms with Crippen molar-refractivity contribution in [1.29, 1.82) is 0 Å². The fraction of sp³-hybridized carbons (Fsp3) is 0.400. The summed E-state index contributed by atoms with van der Waals surface area (Å²) in [5, 5.41) is 9.39. The number of halogens is 1. The second-order valence-corrected chi connectivity index (χ2v) is 6.93. The van der Waals surface area contributed by atoms with Gasteiger partial charge in [-0.25, -0.2) is 9.18 Å². The van der Waals surface area contributed by atoms with Gasteiger partial charge in [0.05, 0.1) is 30.2 Å². The molecule has 0 fully saturated rings. The molecule has 0 radical (unpaired) electrons. The van der Waals surface area contributed by atoms with E-state index in [4.69, 9.17) is 4.74 Å². The third kappa shape index (κ3) is 3.55. The van der Waals surface area contributed by atoms with Gasteiger partial charge in [-0.1, -0.05) is 26.0 Å². The van der Waals surface area contributed by atoms with Crippen molar-refractivity contribution in [2.24, 2.45) is 5.92 Å². The van der Waals surface area contributed by atoms with Crippen molar-refractivity contribution in [2.45, 2.75) is 39.3 Å². The van der Waals surface area contributed by atoms with Crippen molar-refractivity contribution in [1.82, 2.24) is 4.57 Å². The molecule has 1 aromatic heterocycles. The van der Waals surface area contributed by atoms with Crippen LogP contribution in [0.4, 0.5) is 4.39 Å². The first-order valence-electron chi connectivity index (χ1n) is 8.70. The van der Waals surface area contributed by atoms with Gasteiger partial charge in [-0.3, -0.25) is 4.79 Å². The zero-order valence-corrected chi connectivity index (χ0v) is 14.9. The van der Waals surface area contributed by atoms with E-state index in [1.165, 1.54) is 18.2 Å². The highest BCUT2D eigenvalue weighted by Crippen LogP contribution is 2.31. The summed E-state index contributed by atoms with van der Waals surface area (Å²) in [5.74, 6) is -1.36. The molecule has 0 bridgehead atoms. The maximum Gasteiger partial charge on any atom is 0.337 e. The van der Waals surface area contributed by atoms with E-state index < -0.39 is 5.97 Å². The zero-order valence-electron chi connectivity index (χ0n) is 14.9. The van der Waals surface area contributed by atoms with Gasteiger partial charge in [0.15, 0.2) is 5.78 Å². The van der Waals surface area contributed by atoms with E-state index >= 15 is 0 Å². The number of carbonyl (C=O) groups excluding carboxylic acids is 1. The highest BCUT2D eigenvalue weighted by atomic mass is 19.1. The fourth-order valence-corrected chi connectivity index (χ4v) is 3.49. The number of hydrogen-bond donors (Lipinski definition) is 1. The maximum atomic E-state index is 13.2. The van der Waals surface area contributed by atoms with Crippen molar-refractivity contribution >= 4 is 11.8 Å². The number of ether oxygens (including phenoxy) is 1. The first-order chi connectivity index (χ1) is 12.4. The third-order valence-electron chi connectivity index (χ3n) is 4.93. The molecule has 0 spiro atoms. The standard InChI is InChI=1S/C20H22FNO4/c1-12(2)15(13-3-5-14(21)6-4-13)10-19(23)17-9-16(20(24)25)18-11-26-8-7-22(17)18/h3-6,9,12,15H,7-8,10-11H2,1-2H3,(H,24,25)/t15-/m1/s1. The van der Waals surface area contributed by atoms with Crippen molar-refractivity contribution < 1.29 is 23.8 Å². The van der Waals surface area contributed by atoms with Crippen molar-refractivity contribution in [2.75, 3.05) is 6.61 Å². The Morgan fingerprint density at radius 2 is 1.96 bits per heavy atom. The predicted octanol–water partition coefficient (Wildman–Crippen LogP) is 3.87. The Kier molecular flexibility index (Phi) is 5.23. The van der Waals surface area contributed by atoms with Gasteiger partial charge in [-0.2, -0.15) is 0 Å². The number of hydrogen-bond acceptors (Lipinski definition) is 3. The Bertz CT molecular complexity index is 823. The van der Waals surface area contributed by atoms with Crippen LogP contribution in [0.3, 0.4) is 0 Å². The van der Waals surface area contributed by atoms with Crippen LogP contribution in [0, 0.1) is 11.7 Å². The maximum absolute atomic E-state index is 13.2. The molecule has 1 atom stereocenters. The van der Waals surface area contributed by atoms with Crippen molar-refractivity contribution in [3.63, 3.8) is 0 Å². The number of rotatable bonds is 6. The van der Waals surface area contributed by atoms with Gasteiger partial charge in [0.2, 0.25) is 0 Å². The summed E-state index contributed by atoms with van der Waals surface area (Å²) in [4.78, 5) is 24.5. The van der Waals surface area contributed by atoms with Crippen LogP contribution in [0.5, 0.6) is 0 Å². The number of Topliss-reactive ketones (excluding diaryl/α,β-unsaturated/α-hetero) is 1. The summed E-state index contributed by atoms with van der Waals surface area (Å²) in [6.07, 6.45) is 0.243. The van der Waals surface area contributed by atoms with Gasteiger partial charge in [0.1, 0.15) is 5.82 Å². The summed E-state index contributed by atoms with van der Waals surface area (Å²) >= 11 is 0. The van der Waals surface area contributed by atoms with E-state index in [2.05, 4.69) is 0 Å². The van der Waals surface area contributed by atoms with E-state index in [1.807, 2.05) is 13.8 Å². The quantitative estimate of drug-likeness (QED) is 0.795. The topological polar surface area (TPSA) is 68.5 Å². The number of fused-ring (bicyclic) bond motifs is 1. The SMILES string of the molecule is CC(C)[C@@H](CC(=O)c1cc(C(=O)O)c2n1CCOC2)c1ccc(F)cc1. The summed E-state index contributed by atoms with van der Waals surface area (Å²) in [6.45, 7) is 5.15. The number of nitrogens with zero attached hydrogens (tertiary/aromatic N) is 1. The Morgan fingerprint density at radius 1 is 1.27 bits per heavy atom. The lowest BCUT2D eigenvalue weighted by Gasteiger charge is -2.22. The fourth-order valence-electron chi connectivity index (χ4n) is 3.49. The van der Waals surface area contributed by atoms with Gasteiger partial charge in [-0.15, -0.1) is 0 Å². The van der Waals surface area contributed by atoms with Crippen LogP contribution in [0.1, 0.15) is 58.3 Å². The molecule has 6 heteroatoms. The van der Waals surface area contributed by atoms with Crippen LogP contribution >= 0.6 is 0 Å². The number of aromatic carboxylic acids is 1. The molecule has 0 saturated heterocycles. The molecular formula is C20H22FNO4. The highest BCUT2D eigenvalue weighted by molar-refractivity contribution is 5.99. The van der Waals surface area contributed by atoms with E-state index in [-0.39, 0.29) is 42.0 Å². The molecule has 2 aromatic rings. The molecule has 1 aromatic carbocycles. The molecular weight excluding hydrogens is 337 g/mol. The average molecular weight is 359 g/mol. The van der Waals surface area contributed by atoms with Gasteiger partial charge in [0, 0.05) is 13.0 Å². The first-order valence-corrected chi connectivity index (χ1v) is 8.70. The van der Waals surface area contributed by atoms with E-state index in [1.54, 1.807) is 16.7 Å². The molecule has 2 heterocycles. The molecule has 3 rings (SSSR count). The van der Waals surface area contributed by atoms with Crippen molar-refractivity contribution in [3.8, 4) is 0 Å². The lowest BCUT2D eigenvalue weighted by atomic mass is 9.84. The van der Waals surface area contributed by atoms with Gasteiger partial charge in [-0.05, 0) is 35.6 Å². The third-order valence-corrected chi connectivity index (χ3v) is 4.93. The second kappa shape index (κ2) is 7.41. The van der Waals surface area contributed by atoms with Gasteiger partial charge in [0.25, 0.3) is 0 Å². The first kappa shape index (κ1) is 18.3. The Balaban J connectivity index is 1.91. The number of aromatic nitrogens is 1. The summed E-state index contributed by atoms with van der Waals surface area (Å²) in [6, 6.07) is 7.66. The lowest BCUT2D eigenvalue weighted by Crippen LogP contribution is -2.22. The molecule has 138 valence electrons. The number of benzene rings is 1. The molecule has 0 aliphatic carbocycles. The summed E-state index contributed by atoms with van der Waals surface area (Å²) in [5.41, 5.74) is 1.97. The van der Waals surface area contributed by atoms with Crippen LogP contribution < -0.4 is 0 Å². The van der Waals surface area contributed by atoms with E-state index in [0.717, 1.165) is 5.56 Å². The number of ketones is 1. The highest BCUT2D eigenvalue weighted by Gasteiger charge is 2.28. The zero-order chi connectivity index (χ0) is 18.8. The van der Waals surface area contributed by atoms with Gasteiger partial charge < -0.3 is 14.4 Å². The molecule has 26 heavy (non-hydrogen) atoms. The van der Waals surface area contributed by atoms with Gasteiger partial charge >= 0.3 is 5.97 Å². The Morgan fingerprint density at radius 3 is 2.58 bits per heavy atom. The van der Waals surface area contributed by atoms with E-state index in [9.17, 15) is 19.1 Å². The molecule has 0 amide bonds. The Labute approximate surface area is 151 Å². The van der Waals surface area contributed by atoms with Crippen LogP contribution in [0.15, 0.2) is 30.3 Å². The number of carboxylic acid groups (broad SMARTS) is 1. The van der Waals surface area contributed by atoms with Crippen LogP contribution in [-0.4, -0.2) is 28.0 Å². The molecule has 0 saturated carbocycles. The average Bonchev–Trinajstić information content (AvgIpc) is 3.00. The number of carbonyl (C=O) groups is 2. The minimum atomic E-state index is -1.06. The predicted molar refractivity (Wildman–Crippen MR) is 94.0 cm³/mol. The smallest absolute Gasteiger partial charge is 0.337 e. The summed E-state index contributed by atoms with van der Waals surface area (Å²) < 4.78 is 20.3. The molecule has 5 nitrogen and oxygen atoms in total. The molecule has 1 aliphatic heterocycles. The minimum Gasteiger partial charge on any atom is -0.478 e. The number of carboxylic acids is 1. The minimum absolute atomic E-state index is 0.0673. The lowest BCUT2D eigenvalue weighted by molar-refractivity contribution is 0.0657. The molecule has 0 unspecified atom stereocenters. The molecule has 1 N–H and O–H groups in total. The van der Waals surface area contributed by atoms with Crippen molar-refractivity contribution in [3.05, 3.63) is 58.7 Å². The normalized spacial score (nSPS) is 14.9. The second-order valence-electron chi connectivity index (χ2n) is 6.93. The largest absolute Gasteiger partial charge is 0.478 e. The van der Waals surface area contributed by atoms with Crippen LogP contribution in [-0.2, 0) is 17.9 Å².